The van der Waals surface area contributed by atoms with Gasteiger partial charge in [0.25, 0.3) is 0 Å². The van der Waals surface area contributed by atoms with Crippen molar-refractivity contribution in [1.82, 2.24) is 4.90 Å². The minimum absolute atomic E-state index is 0.281. The van der Waals surface area contributed by atoms with Crippen LogP contribution in [0, 0.1) is 0 Å². The van der Waals surface area contributed by atoms with Crippen LogP contribution in [-0.4, -0.2) is 30.7 Å². The van der Waals surface area contributed by atoms with Crippen LogP contribution in [0.5, 0.6) is 11.5 Å². The predicted octanol–water partition coefficient (Wildman–Crippen LogP) is 3.15. The molecule has 108 valence electrons. The Morgan fingerprint density at radius 1 is 1.24 bits per heavy atom. The molecule has 0 bridgehead atoms. The van der Waals surface area contributed by atoms with Crippen molar-refractivity contribution in [2.24, 2.45) is 0 Å². The van der Waals surface area contributed by atoms with Gasteiger partial charge in [-0.3, -0.25) is 4.90 Å². The molecule has 2 aliphatic rings. The van der Waals surface area contributed by atoms with Crippen LogP contribution in [0.15, 0.2) is 30.3 Å². The molecule has 0 fully saturated rings. The van der Waals surface area contributed by atoms with Gasteiger partial charge in [0.2, 0.25) is 0 Å². The molecule has 1 aliphatic carbocycles. The number of rotatable bonds is 1. The van der Waals surface area contributed by atoms with E-state index in [-0.39, 0.29) is 5.75 Å². The quantitative estimate of drug-likeness (QED) is 0.871. The van der Waals surface area contributed by atoms with Crippen molar-refractivity contribution < 1.29 is 9.84 Å². The summed E-state index contributed by atoms with van der Waals surface area (Å²) >= 11 is 0. The number of hydrogen-bond acceptors (Lipinski definition) is 3. The Labute approximate surface area is 124 Å². The number of fused-ring (bicyclic) bond motifs is 2. The number of phenolic OH excluding ortho intramolecular Hbond substituents is 1. The summed E-state index contributed by atoms with van der Waals surface area (Å²) in [6.07, 6.45) is 2.02. The molecule has 1 atom stereocenters. The number of nitrogens with zero attached hydrogens (tertiary/aromatic N) is 1. The fourth-order valence-electron chi connectivity index (χ4n) is 3.81. The number of aromatic hydroxyl groups is 1. The number of benzene rings is 2. The lowest BCUT2D eigenvalue weighted by atomic mass is 9.76. The largest absolute Gasteiger partial charge is 0.504 e. The lowest BCUT2D eigenvalue weighted by molar-refractivity contribution is 0.227. The van der Waals surface area contributed by atoms with Gasteiger partial charge in [0.1, 0.15) is 0 Å². The molecule has 0 aromatic heterocycles. The molecule has 0 radical (unpaired) electrons. The van der Waals surface area contributed by atoms with Crippen molar-refractivity contribution in [3.05, 3.63) is 47.0 Å². The highest BCUT2D eigenvalue weighted by Crippen LogP contribution is 2.51. The zero-order chi connectivity index (χ0) is 14.6. The van der Waals surface area contributed by atoms with Gasteiger partial charge in [-0.2, -0.15) is 0 Å². The van der Waals surface area contributed by atoms with E-state index in [1.54, 1.807) is 7.11 Å². The summed E-state index contributed by atoms with van der Waals surface area (Å²) in [5.74, 6) is 0.868. The fraction of sp³-hybridized carbons (Fsp3) is 0.333. The van der Waals surface area contributed by atoms with E-state index in [0.29, 0.717) is 11.8 Å². The van der Waals surface area contributed by atoms with Crippen molar-refractivity contribution in [3.8, 4) is 22.6 Å². The molecular weight excluding hydrogens is 262 g/mol. The van der Waals surface area contributed by atoms with E-state index in [9.17, 15) is 5.11 Å². The monoisotopic (exact) mass is 281 g/mol. The number of ether oxygens (including phenoxy) is 1. The van der Waals surface area contributed by atoms with E-state index in [4.69, 9.17) is 4.74 Å². The molecule has 3 heteroatoms. The van der Waals surface area contributed by atoms with Crippen LogP contribution >= 0.6 is 0 Å². The molecule has 21 heavy (non-hydrogen) atoms. The molecule has 0 saturated carbocycles. The van der Waals surface area contributed by atoms with Crippen molar-refractivity contribution in [3.63, 3.8) is 0 Å². The molecule has 0 spiro atoms. The standard InChI is InChI=1S/C18H19NO2/c1-19-8-7-12-10-15(21-2)18(20)17-13-6-4-3-5-11(13)9-14(19)16(12)17/h3-6,10,14,20H,7-9H2,1-2H3/t14-/m1/s1. The summed E-state index contributed by atoms with van der Waals surface area (Å²) in [7, 11) is 3.79. The van der Waals surface area contributed by atoms with Gasteiger partial charge in [-0.1, -0.05) is 24.3 Å². The van der Waals surface area contributed by atoms with Crippen LogP contribution in [-0.2, 0) is 12.8 Å². The zero-order valence-electron chi connectivity index (χ0n) is 12.4. The first-order chi connectivity index (χ1) is 10.2. The molecule has 4 rings (SSSR count). The smallest absolute Gasteiger partial charge is 0.166 e. The Balaban J connectivity index is 2.08. The van der Waals surface area contributed by atoms with Crippen LogP contribution in [0.1, 0.15) is 22.7 Å². The number of phenols is 1. The molecule has 0 unspecified atom stereocenters. The molecule has 1 N–H and O–H groups in total. The third-order valence-corrected chi connectivity index (χ3v) is 4.91. The molecular formula is C18H19NO2. The summed E-state index contributed by atoms with van der Waals surface area (Å²) < 4.78 is 5.39. The third-order valence-electron chi connectivity index (χ3n) is 4.91. The minimum atomic E-state index is 0.281. The lowest BCUT2D eigenvalue weighted by Gasteiger charge is -2.40. The maximum Gasteiger partial charge on any atom is 0.166 e. The second-order valence-corrected chi connectivity index (χ2v) is 5.98. The van der Waals surface area contributed by atoms with Crippen molar-refractivity contribution in [2.45, 2.75) is 18.9 Å². The second kappa shape index (κ2) is 4.50. The van der Waals surface area contributed by atoms with Gasteiger partial charge in [-0.15, -0.1) is 0 Å². The third kappa shape index (κ3) is 1.70. The number of hydrogen-bond donors (Lipinski definition) is 1. The Morgan fingerprint density at radius 3 is 2.86 bits per heavy atom. The Kier molecular flexibility index (Phi) is 2.73. The van der Waals surface area contributed by atoms with E-state index in [1.165, 1.54) is 16.7 Å². The first-order valence-electron chi connectivity index (χ1n) is 7.42. The van der Waals surface area contributed by atoms with E-state index >= 15 is 0 Å². The predicted molar refractivity (Wildman–Crippen MR) is 82.9 cm³/mol. The number of methoxy groups -OCH3 is 1. The van der Waals surface area contributed by atoms with Crippen molar-refractivity contribution in [1.29, 1.82) is 0 Å². The fourth-order valence-corrected chi connectivity index (χ4v) is 3.81. The Bertz CT molecular complexity index is 723. The summed E-state index contributed by atoms with van der Waals surface area (Å²) in [5.41, 5.74) is 6.04. The number of likely N-dealkylation sites (N-methyl/N-ethyl adjacent to an activating group) is 1. The highest BCUT2D eigenvalue weighted by atomic mass is 16.5. The van der Waals surface area contributed by atoms with Crippen LogP contribution in [0.3, 0.4) is 0 Å². The van der Waals surface area contributed by atoms with Crippen LogP contribution in [0.4, 0.5) is 0 Å². The van der Waals surface area contributed by atoms with Gasteiger partial charge in [-0.05, 0) is 48.2 Å². The topological polar surface area (TPSA) is 32.7 Å². The van der Waals surface area contributed by atoms with Crippen LogP contribution < -0.4 is 4.74 Å². The SMILES string of the molecule is COc1cc2c3c(c1O)-c1ccccc1C[C@H]3N(C)CC2. The van der Waals surface area contributed by atoms with Gasteiger partial charge < -0.3 is 9.84 Å². The highest BCUT2D eigenvalue weighted by molar-refractivity contribution is 5.83. The van der Waals surface area contributed by atoms with Gasteiger partial charge in [0.15, 0.2) is 11.5 Å². The van der Waals surface area contributed by atoms with Crippen LogP contribution in [0.2, 0.25) is 0 Å². The van der Waals surface area contributed by atoms with Crippen molar-refractivity contribution in [2.75, 3.05) is 20.7 Å². The van der Waals surface area contributed by atoms with Gasteiger partial charge in [0.05, 0.1) is 7.11 Å². The highest BCUT2D eigenvalue weighted by Gasteiger charge is 2.35. The molecule has 3 nitrogen and oxygen atoms in total. The molecule has 0 saturated heterocycles. The lowest BCUT2D eigenvalue weighted by Crippen LogP contribution is -2.35. The summed E-state index contributed by atoms with van der Waals surface area (Å²) in [6.45, 7) is 1.05. The molecule has 2 aromatic carbocycles. The minimum Gasteiger partial charge on any atom is -0.504 e. The first kappa shape index (κ1) is 12.7. The van der Waals surface area contributed by atoms with E-state index in [0.717, 1.165) is 30.5 Å². The average molecular weight is 281 g/mol. The summed E-state index contributed by atoms with van der Waals surface area (Å²) in [5, 5.41) is 10.7. The molecule has 0 amide bonds. The Hall–Kier alpha value is -2.00. The normalized spacial score (nSPS) is 19.8. The van der Waals surface area contributed by atoms with Gasteiger partial charge >= 0.3 is 0 Å². The van der Waals surface area contributed by atoms with E-state index in [2.05, 4.69) is 30.1 Å². The van der Waals surface area contributed by atoms with Gasteiger partial charge in [-0.25, -0.2) is 0 Å². The molecule has 1 aliphatic heterocycles. The van der Waals surface area contributed by atoms with Gasteiger partial charge in [0, 0.05) is 18.2 Å². The maximum atomic E-state index is 10.7. The van der Waals surface area contributed by atoms with E-state index in [1.807, 2.05) is 12.1 Å². The zero-order valence-corrected chi connectivity index (χ0v) is 12.4. The average Bonchev–Trinajstić information content (AvgIpc) is 2.52. The summed E-state index contributed by atoms with van der Waals surface area (Å²) in [4.78, 5) is 2.40. The second-order valence-electron chi connectivity index (χ2n) is 5.98. The van der Waals surface area contributed by atoms with Crippen molar-refractivity contribution >= 4 is 0 Å². The molecule has 1 heterocycles. The summed E-state index contributed by atoms with van der Waals surface area (Å²) in [6, 6.07) is 10.8. The maximum absolute atomic E-state index is 10.7. The van der Waals surface area contributed by atoms with Crippen LogP contribution in [0.25, 0.3) is 11.1 Å². The van der Waals surface area contributed by atoms with E-state index < -0.39 is 0 Å². The first-order valence-corrected chi connectivity index (χ1v) is 7.42. The molecule has 2 aromatic rings. The Morgan fingerprint density at radius 2 is 2.05 bits per heavy atom.